The molecule has 1 aromatic rings. The summed E-state index contributed by atoms with van der Waals surface area (Å²) in [7, 11) is 0. The van der Waals surface area contributed by atoms with Crippen LogP contribution in [0, 0.1) is 0 Å². The fraction of sp³-hybridized carbons (Fsp3) is 0.667. The first-order chi connectivity index (χ1) is 8.01. The number of hydrogen-bond acceptors (Lipinski definition) is 5. The van der Waals surface area contributed by atoms with Crippen molar-refractivity contribution in [1.82, 2.24) is 15.5 Å². The van der Waals surface area contributed by atoms with Gasteiger partial charge >= 0.3 is 0 Å². The van der Waals surface area contributed by atoms with Gasteiger partial charge in [-0.3, -0.25) is 0 Å². The Kier molecular flexibility index (Phi) is 5.58. The van der Waals surface area contributed by atoms with Gasteiger partial charge in [0.05, 0.1) is 13.2 Å². The molecule has 1 N–H and O–H groups in total. The van der Waals surface area contributed by atoms with Gasteiger partial charge in [0.15, 0.2) is 0 Å². The normalized spacial score (nSPS) is 11.5. The molecule has 0 fully saturated rings. The Morgan fingerprint density at radius 3 is 2.82 bits per heavy atom. The molecule has 0 aliphatic heterocycles. The van der Waals surface area contributed by atoms with Crippen molar-refractivity contribution in [3.05, 3.63) is 17.7 Å². The molecule has 1 rings (SSSR count). The largest absolute Gasteiger partial charge is 0.469 e. The Balaban J connectivity index is 2.30. The van der Waals surface area contributed by atoms with Crippen LogP contribution in [0.4, 0.5) is 0 Å². The van der Waals surface area contributed by atoms with Crippen LogP contribution in [0.2, 0.25) is 0 Å². The zero-order valence-corrected chi connectivity index (χ0v) is 11.6. The average Bonchev–Trinajstić information content (AvgIpc) is 2.69. The SMILES string of the molecule is C=CCCCOc1nnc(CNC(C)(C)C)s1. The number of ether oxygens (including phenoxy) is 1. The van der Waals surface area contributed by atoms with Gasteiger partial charge in [0.1, 0.15) is 5.01 Å². The van der Waals surface area contributed by atoms with Crippen LogP contribution in [0.5, 0.6) is 5.19 Å². The number of rotatable bonds is 7. The van der Waals surface area contributed by atoms with Crippen LogP contribution in [0.15, 0.2) is 12.7 Å². The van der Waals surface area contributed by atoms with Crippen molar-refractivity contribution >= 4 is 11.3 Å². The molecule has 0 bridgehead atoms. The first-order valence-corrected chi connectivity index (χ1v) is 6.64. The van der Waals surface area contributed by atoms with Gasteiger partial charge in [-0.2, -0.15) is 0 Å². The Morgan fingerprint density at radius 2 is 2.18 bits per heavy atom. The highest BCUT2D eigenvalue weighted by atomic mass is 32.1. The molecule has 1 heterocycles. The van der Waals surface area contributed by atoms with Crippen LogP contribution >= 0.6 is 11.3 Å². The number of hydrogen-bond donors (Lipinski definition) is 1. The molecule has 96 valence electrons. The van der Waals surface area contributed by atoms with E-state index in [1.807, 2.05) is 6.08 Å². The molecular weight excluding hydrogens is 234 g/mol. The molecule has 0 aliphatic carbocycles. The molecule has 0 unspecified atom stereocenters. The minimum absolute atomic E-state index is 0.0939. The molecule has 0 saturated carbocycles. The maximum absolute atomic E-state index is 5.49. The summed E-state index contributed by atoms with van der Waals surface area (Å²) >= 11 is 1.50. The van der Waals surface area contributed by atoms with Gasteiger partial charge in [0.2, 0.25) is 0 Å². The fourth-order valence-corrected chi connectivity index (χ4v) is 1.75. The minimum Gasteiger partial charge on any atom is -0.469 e. The fourth-order valence-electron chi connectivity index (χ4n) is 1.10. The quantitative estimate of drug-likeness (QED) is 0.601. The predicted octanol–water partition coefficient (Wildman–Crippen LogP) is 2.77. The van der Waals surface area contributed by atoms with Gasteiger partial charge < -0.3 is 10.1 Å². The minimum atomic E-state index is 0.0939. The third-order valence-electron chi connectivity index (χ3n) is 2.00. The van der Waals surface area contributed by atoms with Crippen LogP contribution in [-0.2, 0) is 6.54 Å². The highest BCUT2D eigenvalue weighted by Crippen LogP contribution is 2.18. The number of nitrogens with zero attached hydrogens (tertiary/aromatic N) is 2. The first-order valence-electron chi connectivity index (χ1n) is 5.82. The second-order valence-corrected chi connectivity index (χ2v) is 5.87. The second kappa shape index (κ2) is 6.71. The average molecular weight is 255 g/mol. The molecule has 4 nitrogen and oxygen atoms in total. The van der Waals surface area contributed by atoms with E-state index < -0.39 is 0 Å². The Hall–Kier alpha value is -0.940. The van der Waals surface area contributed by atoms with Crippen molar-refractivity contribution in [2.24, 2.45) is 0 Å². The van der Waals surface area contributed by atoms with Crippen molar-refractivity contribution < 1.29 is 4.74 Å². The van der Waals surface area contributed by atoms with Crippen molar-refractivity contribution in [2.75, 3.05) is 6.61 Å². The Morgan fingerprint density at radius 1 is 1.41 bits per heavy atom. The van der Waals surface area contributed by atoms with Crippen molar-refractivity contribution in [2.45, 2.75) is 45.7 Å². The lowest BCUT2D eigenvalue weighted by Gasteiger charge is -2.19. The summed E-state index contributed by atoms with van der Waals surface area (Å²) in [5.74, 6) is 0. The van der Waals surface area contributed by atoms with E-state index in [1.54, 1.807) is 0 Å². The molecule has 0 amide bonds. The monoisotopic (exact) mass is 255 g/mol. The lowest BCUT2D eigenvalue weighted by molar-refractivity contribution is 0.308. The summed E-state index contributed by atoms with van der Waals surface area (Å²) in [5.41, 5.74) is 0.0939. The maximum Gasteiger partial charge on any atom is 0.294 e. The predicted molar refractivity (Wildman–Crippen MR) is 71.4 cm³/mol. The van der Waals surface area contributed by atoms with E-state index in [0.717, 1.165) is 24.4 Å². The molecule has 1 aromatic heterocycles. The number of nitrogens with one attached hydrogen (secondary N) is 1. The Bertz CT molecular complexity index is 344. The van der Waals surface area contributed by atoms with Crippen LogP contribution in [0.25, 0.3) is 0 Å². The second-order valence-electron chi connectivity index (χ2n) is 4.84. The first kappa shape index (κ1) is 14.1. The Labute approximate surface area is 107 Å². The highest BCUT2D eigenvalue weighted by molar-refractivity contribution is 7.13. The summed E-state index contributed by atoms with van der Waals surface area (Å²) in [4.78, 5) is 0. The van der Waals surface area contributed by atoms with Gasteiger partial charge in [0, 0.05) is 5.54 Å². The highest BCUT2D eigenvalue weighted by Gasteiger charge is 2.11. The molecule has 0 radical (unpaired) electrons. The van der Waals surface area contributed by atoms with Crippen LogP contribution in [0.1, 0.15) is 38.6 Å². The zero-order chi connectivity index (χ0) is 12.7. The van der Waals surface area contributed by atoms with Gasteiger partial charge in [-0.15, -0.1) is 16.8 Å². The van der Waals surface area contributed by atoms with E-state index in [-0.39, 0.29) is 5.54 Å². The molecule has 5 heteroatoms. The molecule has 0 aliphatic rings. The van der Waals surface area contributed by atoms with Crippen LogP contribution < -0.4 is 10.1 Å². The summed E-state index contributed by atoms with van der Waals surface area (Å²) in [6, 6.07) is 0. The summed E-state index contributed by atoms with van der Waals surface area (Å²) in [6.07, 6.45) is 3.83. The van der Waals surface area contributed by atoms with E-state index >= 15 is 0 Å². The molecular formula is C12H21N3OS. The van der Waals surface area contributed by atoms with Crippen molar-refractivity contribution in [3.8, 4) is 5.19 Å². The zero-order valence-electron chi connectivity index (χ0n) is 10.8. The summed E-state index contributed by atoms with van der Waals surface area (Å²) in [6.45, 7) is 11.5. The lowest BCUT2D eigenvalue weighted by Crippen LogP contribution is -2.35. The standard InChI is InChI=1S/C12H21N3OS/c1-5-6-7-8-16-11-15-14-10(17-11)9-13-12(2,3)4/h5,13H,1,6-9H2,2-4H3. The van der Waals surface area contributed by atoms with Crippen LogP contribution in [0.3, 0.4) is 0 Å². The smallest absolute Gasteiger partial charge is 0.294 e. The van der Waals surface area contributed by atoms with Crippen LogP contribution in [-0.4, -0.2) is 22.3 Å². The summed E-state index contributed by atoms with van der Waals surface area (Å²) < 4.78 is 5.49. The number of allylic oxidation sites excluding steroid dienone is 1. The molecule has 0 spiro atoms. The third-order valence-corrected chi connectivity index (χ3v) is 2.83. The molecule has 17 heavy (non-hydrogen) atoms. The summed E-state index contributed by atoms with van der Waals surface area (Å²) in [5, 5.41) is 13.1. The van der Waals surface area contributed by atoms with Crippen molar-refractivity contribution in [1.29, 1.82) is 0 Å². The van der Waals surface area contributed by atoms with Crippen molar-refractivity contribution in [3.63, 3.8) is 0 Å². The maximum atomic E-state index is 5.49. The van der Waals surface area contributed by atoms with E-state index in [9.17, 15) is 0 Å². The van der Waals surface area contributed by atoms with Gasteiger partial charge in [0.25, 0.3) is 5.19 Å². The van der Waals surface area contributed by atoms with Gasteiger partial charge in [-0.25, -0.2) is 0 Å². The molecule has 0 aromatic carbocycles. The third kappa shape index (κ3) is 6.38. The van der Waals surface area contributed by atoms with E-state index in [4.69, 9.17) is 4.74 Å². The van der Waals surface area contributed by atoms with Gasteiger partial charge in [-0.1, -0.05) is 17.4 Å². The lowest BCUT2D eigenvalue weighted by atomic mass is 10.1. The molecule has 0 atom stereocenters. The van der Waals surface area contributed by atoms with E-state index in [1.165, 1.54) is 11.3 Å². The molecule has 0 saturated heterocycles. The van der Waals surface area contributed by atoms with E-state index in [2.05, 4.69) is 42.9 Å². The van der Waals surface area contributed by atoms with Gasteiger partial charge in [-0.05, 0) is 33.6 Å². The number of unbranched alkanes of at least 4 members (excludes halogenated alkanes) is 1. The van der Waals surface area contributed by atoms with E-state index in [0.29, 0.717) is 11.8 Å². The number of aromatic nitrogens is 2. The topological polar surface area (TPSA) is 47.0 Å².